The van der Waals surface area contributed by atoms with Gasteiger partial charge in [0.2, 0.25) is 5.91 Å². The topological polar surface area (TPSA) is 111 Å². The summed E-state index contributed by atoms with van der Waals surface area (Å²) < 4.78 is 5.09. The number of hydrogen-bond acceptors (Lipinski definition) is 9. The van der Waals surface area contributed by atoms with Crippen molar-refractivity contribution >= 4 is 46.4 Å². The lowest BCUT2D eigenvalue weighted by molar-refractivity contribution is -0.114. The number of benzene rings is 1. The number of ether oxygens (including phenoxy) is 1. The van der Waals surface area contributed by atoms with Gasteiger partial charge < -0.3 is 10.1 Å². The summed E-state index contributed by atoms with van der Waals surface area (Å²) in [4.78, 5) is 49.1. The van der Waals surface area contributed by atoms with Gasteiger partial charge in [-0.3, -0.25) is 9.59 Å². The van der Waals surface area contributed by atoms with E-state index in [0.717, 1.165) is 4.90 Å². The number of nitrogens with zero attached hydrogens (tertiary/aromatic N) is 3. The third-order valence-corrected chi connectivity index (χ3v) is 5.27. The van der Waals surface area contributed by atoms with E-state index in [1.807, 2.05) is 6.26 Å². The second-order valence-electron chi connectivity index (χ2n) is 5.71. The lowest BCUT2D eigenvalue weighted by atomic mass is 10.1. The molecule has 0 fully saturated rings. The van der Waals surface area contributed by atoms with Crippen LogP contribution in [0, 0.1) is 0 Å². The summed E-state index contributed by atoms with van der Waals surface area (Å²) in [5.41, 5.74) is 0.951. The van der Waals surface area contributed by atoms with Crippen LogP contribution >= 0.6 is 23.1 Å². The van der Waals surface area contributed by atoms with E-state index in [1.54, 1.807) is 36.7 Å². The summed E-state index contributed by atoms with van der Waals surface area (Å²) in [6.45, 7) is 0.953. The van der Waals surface area contributed by atoms with Gasteiger partial charge in [0.25, 0.3) is 0 Å². The fraction of sp³-hybridized carbons (Fsp3) is 0.158. The van der Waals surface area contributed by atoms with Gasteiger partial charge in [-0.2, -0.15) is 0 Å². The molecular formula is C19H16N4O4S2. The van der Waals surface area contributed by atoms with Crippen LogP contribution in [-0.4, -0.2) is 45.5 Å². The SMILES string of the molecule is CSc1ccc(C(=O)COC(=O)c2csc(-c3ncccn3)n2)cc1NC(C)=O. The predicted octanol–water partition coefficient (Wildman–Crippen LogP) is 3.32. The Morgan fingerprint density at radius 3 is 2.66 bits per heavy atom. The highest BCUT2D eigenvalue weighted by molar-refractivity contribution is 7.98. The van der Waals surface area contributed by atoms with E-state index in [4.69, 9.17) is 4.74 Å². The minimum absolute atomic E-state index is 0.0851. The number of carbonyl (C=O) groups is 3. The number of rotatable bonds is 7. The molecular weight excluding hydrogens is 412 g/mol. The molecule has 0 atom stereocenters. The van der Waals surface area contributed by atoms with Crippen LogP contribution in [0.1, 0.15) is 27.8 Å². The molecule has 0 spiro atoms. The molecule has 10 heteroatoms. The lowest BCUT2D eigenvalue weighted by Gasteiger charge is -2.10. The molecule has 148 valence electrons. The van der Waals surface area contributed by atoms with Crippen molar-refractivity contribution in [1.29, 1.82) is 0 Å². The number of anilines is 1. The zero-order chi connectivity index (χ0) is 20.8. The molecule has 0 radical (unpaired) electrons. The summed E-state index contributed by atoms with van der Waals surface area (Å²) in [5, 5.41) is 4.70. The van der Waals surface area contributed by atoms with Crippen molar-refractivity contribution < 1.29 is 19.1 Å². The van der Waals surface area contributed by atoms with E-state index in [-0.39, 0.29) is 17.4 Å². The number of amides is 1. The average molecular weight is 428 g/mol. The molecule has 0 bridgehead atoms. The highest BCUT2D eigenvalue weighted by Crippen LogP contribution is 2.27. The molecule has 29 heavy (non-hydrogen) atoms. The molecule has 2 heterocycles. The third kappa shape index (κ3) is 5.24. The van der Waals surface area contributed by atoms with Crippen molar-refractivity contribution in [2.24, 2.45) is 0 Å². The maximum Gasteiger partial charge on any atom is 0.358 e. The number of aromatic nitrogens is 3. The Balaban J connectivity index is 1.65. The van der Waals surface area contributed by atoms with E-state index >= 15 is 0 Å². The zero-order valence-corrected chi connectivity index (χ0v) is 17.2. The molecule has 1 aromatic carbocycles. The minimum Gasteiger partial charge on any atom is -0.453 e. The molecule has 0 unspecified atom stereocenters. The lowest BCUT2D eigenvalue weighted by Crippen LogP contribution is -2.15. The minimum atomic E-state index is -0.709. The highest BCUT2D eigenvalue weighted by atomic mass is 32.2. The van der Waals surface area contributed by atoms with Gasteiger partial charge in [0.1, 0.15) is 0 Å². The van der Waals surface area contributed by atoms with Crippen LogP contribution < -0.4 is 5.32 Å². The molecule has 0 aliphatic carbocycles. The van der Waals surface area contributed by atoms with Crippen LogP contribution in [0.25, 0.3) is 10.8 Å². The first kappa shape index (κ1) is 20.6. The Hall–Kier alpha value is -3.11. The van der Waals surface area contributed by atoms with Crippen molar-refractivity contribution in [3.05, 3.63) is 53.3 Å². The number of carbonyl (C=O) groups excluding carboxylic acids is 3. The molecule has 3 aromatic rings. The maximum atomic E-state index is 12.4. The first-order valence-corrected chi connectivity index (χ1v) is 10.5. The molecule has 0 aliphatic rings. The van der Waals surface area contributed by atoms with Gasteiger partial charge in [-0.25, -0.2) is 19.7 Å². The van der Waals surface area contributed by atoms with Crippen molar-refractivity contribution in [2.45, 2.75) is 11.8 Å². The Bertz CT molecular complexity index is 1050. The van der Waals surface area contributed by atoms with Gasteiger partial charge in [0.15, 0.2) is 28.9 Å². The van der Waals surface area contributed by atoms with Crippen LogP contribution in [0.5, 0.6) is 0 Å². The van der Waals surface area contributed by atoms with E-state index in [2.05, 4.69) is 20.3 Å². The second kappa shape index (κ2) is 9.39. The first-order valence-electron chi connectivity index (χ1n) is 8.37. The van der Waals surface area contributed by atoms with Crippen molar-refractivity contribution in [2.75, 3.05) is 18.2 Å². The van der Waals surface area contributed by atoms with E-state index < -0.39 is 12.6 Å². The molecule has 0 saturated heterocycles. The number of thioether (sulfide) groups is 1. The summed E-state index contributed by atoms with van der Waals surface area (Å²) >= 11 is 2.65. The summed E-state index contributed by atoms with van der Waals surface area (Å²) in [6.07, 6.45) is 5.03. The Kier molecular flexibility index (Phi) is 6.68. The molecule has 1 amide bonds. The first-order chi connectivity index (χ1) is 14.0. The molecule has 0 saturated carbocycles. The second-order valence-corrected chi connectivity index (χ2v) is 7.41. The monoisotopic (exact) mass is 428 g/mol. The molecule has 0 aliphatic heterocycles. The number of nitrogens with one attached hydrogen (secondary N) is 1. The van der Waals surface area contributed by atoms with Crippen LogP contribution in [0.15, 0.2) is 46.9 Å². The standard InChI is InChI=1S/C19H16N4O4S2/c1-11(24)22-13-8-12(4-5-16(13)28-2)15(25)9-27-19(26)14-10-29-18(23-14)17-20-6-3-7-21-17/h3-8,10H,9H2,1-2H3,(H,22,24). The number of thiazole rings is 1. The smallest absolute Gasteiger partial charge is 0.358 e. The van der Waals surface area contributed by atoms with E-state index in [9.17, 15) is 14.4 Å². The number of ketones is 1. The van der Waals surface area contributed by atoms with Crippen LogP contribution in [0.4, 0.5) is 5.69 Å². The summed E-state index contributed by atoms with van der Waals surface area (Å²) in [5.74, 6) is -0.927. The molecule has 8 nitrogen and oxygen atoms in total. The fourth-order valence-electron chi connectivity index (χ4n) is 2.34. The fourth-order valence-corrected chi connectivity index (χ4v) is 3.60. The van der Waals surface area contributed by atoms with Gasteiger partial charge in [0, 0.05) is 35.2 Å². The average Bonchev–Trinajstić information content (AvgIpc) is 3.22. The molecule has 1 N–H and O–H groups in total. The van der Waals surface area contributed by atoms with E-state index in [1.165, 1.54) is 35.4 Å². The van der Waals surface area contributed by atoms with Gasteiger partial charge in [-0.1, -0.05) is 6.07 Å². The predicted molar refractivity (Wildman–Crippen MR) is 110 cm³/mol. The van der Waals surface area contributed by atoms with Gasteiger partial charge >= 0.3 is 5.97 Å². The Morgan fingerprint density at radius 1 is 1.21 bits per heavy atom. The normalized spacial score (nSPS) is 10.4. The molecule has 2 aromatic heterocycles. The highest BCUT2D eigenvalue weighted by Gasteiger charge is 2.17. The van der Waals surface area contributed by atoms with Crippen LogP contribution in [-0.2, 0) is 9.53 Å². The van der Waals surface area contributed by atoms with E-state index in [0.29, 0.717) is 22.1 Å². The number of esters is 1. The van der Waals surface area contributed by atoms with Gasteiger partial charge in [-0.05, 0) is 24.5 Å². The summed E-state index contributed by atoms with van der Waals surface area (Å²) in [6, 6.07) is 6.61. The quantitative estimate of drug-likeness (QED) is 0.347. The van der Waals surface area contributed by atoms with Gasteiger partial charge in [-0.15, -0.1) is 23.1 Å². The Labute approximate surface area is 174 Å². The van der Waals surface area contributed by atoms with Crippen LogP contribution in [0.3, 0.4) is 0 Å². The zero-order valence-electron chi connectivity index (χ0n) is 15.5. The van der Waals surface area contributed by atoms with Crippen molar-refractivity contribution in [1.82, 2.24) is 15.0 Å². The number of hydrogen-bond donors (Lipinski definition) is 1. The molecule has 3 rings (SSSR count). The number of Topliss-reactive ketones (excluding diaryl/α,β-unsaturated/α-hetero) is 1. The van der Waals surface area contributed by atoms with Crippen molar-refractivity contribution in [3.8, 4) is 10.8 Å². The van der Waals surface area contributed by atoms with Crippen molar-refractivity contribution in [3.63, 3.8) is 0 Å². The maximum absolute atomic E-state index is 12.4. The largest absolute Gasteiger partial charge is 0.453 e. The summed E-state index contributed by atoms with van der Waals surface area (Å²) in [7, 11) is 0. The van der Waals surface area contributed by atoms with Crippen LogP contribution in [0.2, 0.25) is 0 Å². The third-order valence-electron chi connectivity index (χ3n) is 3.64. The Morgan fingerprint density at radius 2 is 1.97 bits per heavy atom. The van der Waals surface area contributed by atoms with Gasteiger partial charge in [0.05, 0.1) is 5.69 Å².